The summed E-state index contributed by atoms with van der Waals surface area (Å²) in [6, 6.07) is 15.2. The second kappa shape index (κ2) is 7.44. The Morgan fingerprint density at radius 2 is 1.92 bits per heavy atom. The van der Waals surface area contributed by atoms with Crippen molar-refractivity contribution in [1.29, 1.82) is 0 Å². The summed E-state index contributed by atoms with van der Waals surface area (Å²) < 4.78 is 0.946. The second-order valence-corrected chi connectivity index (χ2v) is 6.59. The van der Waals surface area contributed by atoms with Gasteiger partial charge in [-0.05, 0) is 55.3 Å². The normalized spacial score (nSPS) is 10.4. The Balaban J connectivity index is 1.78. The molecule has 0 saturated carbocycles. The molecule has 1 aromatic heterocycles. The van der Waals surface area contributed by atoms with Crippen LogP contribution in [-0.4, -0.2) is 15.9 Å². The van der Waals surface area contributed by atoms with E-state index in [1.165, 1.54) is 0 Å². The predicted octanol–water partition coefficient (Wildman–Crippen LogP) is 4.85. The molecule has 1 amide bonds. The van der Waals surface area contributed by atoms with Gasteiger partial charge in [-0.1, -0.05) is 34.1 Å². The lowest BCUT2D eigenvalue weighted by atomic mass is 10.1. The van der Waals surface area contributed by atoms with Gasteiger partial charge in [0.15, 0.2) is 0 Å². The number of rotatable bonds is 4. The van der Waals surface area contributed by atoms with Crippen molar-refractivity contribution in [2.24, 2.45) is 0 Å². The average Bonchev–Trinajstić information content (AvgIpc) is 2.58. The highest BCUT2D eigenvalue weighted by Crippen LogP contribution is 2.19. The summed E-state index contributed by atoms with van der Waals surface area (Å²) in [7, 11) is 0. The van der Waals surface area contributed by atoms with Crippen LogP contribution >= 0.6 is 15.9 Å². The SMILES string of the molecule is Cc1ccc(C)c(NC(=O)c2ccnc(Nc3cccc(Br)c3)n2)c1. The van der Waals surface area contributed by atoms with E-state index >= 15 is 0 Å². The Hall–Kier alpha value is -2.73. The minimum atomic E-state index is -0.270. The molecule has 3 aromatic rings. The molecule has 2 N–H and O–H groups in total. The Labute approximate surface area is 154 Å². The number of nitrogens with one attached hydrogen (secondary N) is 2. The number of halogens is 1. The number of benzene rings is 2. The Morgan fingerprint density at radius 1 is 1.08 bits per heavy atom. The minimum absolute atomic E-state index is 0.270. The van der Waals surface area contributed by atoms with E-state index in [1.54, 1.807) is 12.3 Å². The van der Waals surface area contributed by atoms with Gasteiger partial charge in [-0.15, -0.1) is 0 Å². The maximum Gasteiger partial charge on any atom is 0.274 e. The molecule has 0 bridgehead atoms. The zero-order chi connectivity index (χ0) is 17.8. The summed E-state index contributed by atoms with van der Waals surface area (Å²) in [5.74, 6) is 0.0973. The van der Waals surface area contributed by atoms with Crippen molar-refractivity contribution in [2.75, 3.05) is 10.6 Å². The van der Waals surface area contributed by atoms with Crippen LogP contribution in [0.5, 0.6) is 0 Å². The van der Waals surface area contributed by atoms with E-state index in [0.29, 0.717) is 11.6 Å². The Bertz CT molecular complexity index is 927. The zero-order valence-corrected chi connectivity index (χ0v) is 15.5. The van der Waals surface area contributed by atoms with Gasteiger partial charge in [-0.3, -0.25) is 4.79 Å². The van der Waals surface area contributed by atoms with Crippen molar-refractivity contribution < 1.29 is 4.79 Å². The van der Waals surface area contributed by atoms with Gasteiger partial charge in [0.25, 0.3) is 5.91 Å². The standard InChI is InChI=1S/C19H17BrN4O/c1-12-6-7-13(2)17(10-12)23-18(25)16-8-9-21-19(24-16)22-15-5-3-4-14(20)11-15/h3-11H,1-2H3,(H,23,25)(H,21,22,24). The number of carbonyl (C=O) groups excluding carboxylic acids is 1. The fourth-order valence-corrected chi connectivity index (χ4v) is 2.70. The van der Waals surface area contributed by atoms with E-state index in [-0.39, 0.29) is 5.91 Å². The number of aryl methyl sites for hydroxylation is 2. The van der Waals surface area contributed by atoms with E-state index < -0.39 is 0 Å². The van der Waals surface area contributed by atoms with Gasteiger partial charge in [0.05, 0.1) is 0 Å². The van der Waals surface area contributed by atoms with Crippen LogP contribution in [0.4, 0.5) is 17.3 Å². The number of carbonyl (C=O) groups is 1. The molecule has 0 saturated heterocycles. The highest BCUT2D eigenvalue weighted by atomic mass is 79.9. The van der Waals surface area contributed by atoms with Crippen molar-refractivity contribution in [1.82, 2.24) is 9.97 Å². The lowest BCUT2D eigenvalue weighted by Crippen LogP contribution is -2.15. The average molecular weight is 397 g/mol. The quantitative estimate of drug-likeness (QED) is 0.661. The fourth-order valence-electron chi connectivity index (χ4n) is 2.30. The summed E-state index contributed by atoms with van der Waals surface area (Å²) in [6.45, 7) is 3.94. The van der Waals surface area contributed by atoms with Crippen molar-refractivity contribution in [3.8, 4) is 0 Å². The maximum atomic E-state index is 12.5. The van der Waals surface area contributed by atoms with Crippen LogP contribution < -0.4 is 10.6 Å². The van der Waals surface area contributed by atoms with Crippen LogP contribution in [0.25, 0.3) is 0 Å². The summed E-state index contributed by atoms with van der Waals surface area (Å²) in [5, 5.41) is 6.00. The minimum Gasteiger partial charge on any atom is -0.324 e. The number of amides is 1. The highest BCUT2D eigenvalue weighted by Gasteiger charge is 2.11. The molecular weight excluding hydrogens is 380 g/mol. The largest absolute Gasteiger partial charge is 0.324 e. The lowest BCUT2D eigenvalue weighted by Gasteiger charge is -2.10. The van der Waals surface area contributed by atoms with E-state index in [9.17, 15) is 4.79 Å². The van der Waals surface area contributed by atoms with E-state index in [0.717, 1.165) is 27.0 Å². The molecule has 3 rings (SSSR count). The first-order chi connectivity index (χ1) is 12.0. The van der Waals surface area contributed by atoms with Gasteiger partial charge in [0.2, 0.25) is 5.95 Å². The third-order valence-electron chi connectivity index (χ3n) is 3.61. The molecule has 0 atom stereocenters. The molecule has 25 heavy (non-hydrogen) atoms. The van der Waals surface area contributed by atoms with Gasteiger partial charge in [-0.2, -0.15) is 0 Å². The number of hydrogen-bond donors (Lipinski definition) is 2. The third-order valence-corrected chi connectivity index (χ3v) is 4.10. The first-order valence-electron chi connectivity index (χ1n) is 7.75. The van der Waals surface area contributed by atoms with Gasteiger partial charge < -0.3 is 10.6 Å². The first kappa shape index (κ1) is 17.1. The van der Waals surface area contributed by atoms with Crippen LogP contribution in [0.1, 0.15) is 21.6 Å². The van der Waals surface area contributed by atoms with Crippen molar-refractivity contribution in [3.63, 3.8) is 0 Å². The second-order valence-electron chi connectivity index (χ2n) is 5.67. The van der Waals surface area contributed by atoms with Crippen LogP contribution in [0.3, 0.4) is 0 Å². The van der Waals surface area contributed by atoms with Crippen LogP contribution in [-0.2, 0) is 0 Å². The Morgan fingerprint density at radius 3 is 2.72 bits per heavy atom. The molecule has 0 aliphatic heterocycles. The molecule has 0 unspecified atom stereocenters. The number of aromatic nitrogens is 2. The molecular formula is C19H17BrN4O. The zero-order valence-electron chi connectivity index (χ0n) is 13.9. The molecule has 6 heteroatoms. The van der Waals surface area contributed by atoms with Crippen molar-refractivity contribution in [2.45, 2.75) is 13.8 Å². The summed E-state index contributed by atoms with van der Waals surface area (Å²) in [4.78, 5) is 21.0. The lowest BCUT2D eigenvalue weighted by molar-refractivity contribution is 0.102. The molecule has 0 aliphatic carbocycles. The van der Waals surface area contributed by atoms with Crippen molar-refractivity contribution in [3.05, 3.63) is 76.0 Å². The molecule has 0 radical (unpaired) electrons. The molecule has 0 spiro atoms. The van der Waals surface area contributed by atoms with Gasteiger partial charge in [0, 0.05) is 22.0 Å². The predicted molar refractivity (Wildman–Crippen MR) is 103 cm³/mol. The number of nitrogens with zero attached hydrogens (tertiary/aromatic N) is 2. The summed E-state index contributed by atoms with van der Waals surface area (Å²) >= 11 is 3.42. The topological polar surface area (TPSA) is 66.9 Å². The van der Waals surface area contributed by atoms with E-state index in [1.807, 2.05) is 56.3 Å². The van der Waals surface area contributed by atoms with Crippen LogP contribution in [0.2, 0.25) is 0 Å². The summed E-state index contributed by atoms with van der Waals surface area (Å²) in [5.41, 5.74) is 4.00. The number of anilines is 3. The summed E-state index contributed by atoms with van der Waals surface area (Å²) in [6.07, 6.45) is 1.56. The van der Waals surface area contributed by atoms with Crippen LogP contribution in [0, 0.1) is 13.8 Å². The highest BCUT2D eigenvalue weighted by molar-refractivity contribution is 9.10. The number of hydrogen-bond acceptors (Lipinski definition) is 4. The van der Waals surface area contributed by atoms with Crippen molar-refractivity contribution >= 4 is 39.2 Å². The van der Waals surface area contributed by atoms with Gasteiger partial charge in [0.1, 0.15) is 5.69 Å². The maximum absolute atomic E-state index is 12.5. The van der Waals surface area contributed by atoms with Gasteiger partial charge >= 0.3 is 0 Å². The first-order valence-corrected chi connectivity index (χ1v) is 8.55. The molecule has 1 heterocycles. The van der Waals surface area contributed by atoms with E-state index in [4.69, 9.17) is 0 Å². The molecule has 2 aromatic carbocycles. The third kappa shape index (κ3) is 4.42. The van der Waals surface area contributed by atoms with Crippen LogP contribution in [0.15, 0.2) is 59.2 Å². The molecule has 0 aliphatic rings. The monoisotopic (exact) mass is 396 g/mol. The van der Waals surface area contributed by atoms with E-state index in [2.05, 4.69) is 36.5 Å². The fraction of sp³-hybridized carbons (Fsp3) is 0.105. The molecule has 0 fully saturated rings. The molecule has 126 valence electrons. The smallest absolute Gasteiger partial charge is 0.274 e. The Kier molecular flexibility index (Phi) is 5.09. The molecule has 5 nitrogen and oxygen atoms in total. The van der Waals surface area contributed by atoms with Gasteiger partial charge in [-0.25, -0.2) is 9.97 Å².